The standard InChI is InChI=1S/C22H25N3O3/c1-14-8-9-20(28-3)18(10-14)23-22(27)24-12-19-17-7-5-4-6-16(17)15(2)11-25(19)21(26)13-24/h4-10,15,19H,11-13H2,1-3H3,(H,23,27). The highest BCUT2D eigenvalue weighted by molar-refractivity contribution is 5.94. The Balaban J connectivity index is 1.58. The first-order chi connectivity index (χ1) is 13.5. The number of nitrogens with zero attached hydrogens (tertiary/aromatic N) is 2. The van der Waals surface area contributed by atoms with Crippen LogP contribution in [0.1, 0.15) is 35.6 Å². The van der Waals surface area contributed by atoms with Crippen LogP contribution in [0, 0.1) is 6.92 Å². The molecule has 6 heteroatoms. The largest absolute Gasteiger partial charge is 0.495 e. The summed E-state index contributed by atoms with van der Waals surface area (Å²) in [6.07, 6.45) is 0. The summed E-state index contributed by atoms with van der Waals surface area (Å²) < 4.78 is 5.35. The summed E-state index contributed by atoms with van der Waals surface area (Å²) in [6, 6.07) is 13.5. The molecule has 2 heterocycles. The molecule has 146 valence electrons. The number of carbonyl (C=O) groups excluding carboxylic acids is 2. The molecular formula is C22H25N3O3. The van der Waals surface area contributed by atoms with Gasteiger partial charge in [0.05, 0.1) is 18.8 Å². The Kier molecular flexibility index (Phi) is 4.71. The fourth-order valence-corrected chi connectivity index (χ4v) is 4.22. The van der Waals surface area contributed by atoms with E-state index in [0.717, 1.165) is 11.1 Å². The van der Waals surface area contributed by atoms with Gasteiger partial charge in [0, 0.05) is 13.1 Å². The van der Waals surface area contributed by atoms with Crippen molar-refractivity contribution in [2.24, 2.45) is 0 Å². The Labute approximate surface area is 165 Å². The molecule has 0 bridgehead atoms. The third kappa shape index (κ3) is 3.19. The summed E-state index contributed by atoms with van der Waals surface area (Å²) in [4.78, 5) is 29.3. The van der Waals surface area contributed by atoms with E-state index >= 15 is 0 Å². The first kappa shape index (κ1) is 18.3. The zero-order valence-corrected chi connectivity index (χ0v) is 16.4. The van der Waals surface area contributed by atoms with Gasteiger partial charge in [-0.25, -0.2) is 4.79 Å². The minimum absolute atomic E-state index is 0.0102. The Morgan fingerprint density at radius 1 is 1.14 bits per heavy atom. The number of rotatable bonds is 2. The second-order valence-electron chi connectivity index (χ2n) is 7.61. The SMILES string of the molecule is COc1ccc(C)cc1NC(=O)N1CC(=O)N2CC(C)c3ccccc3C2C1. The molecule has 28 heavy (non-hydrogen) atoms. The van der Waals surface area contributed by atoms with Crippen molar-refractivity contribution in [2.75, 3.05) is 32.1 Å². The fourth-order valence-electron chi connectivity index (χ4n) is 4.22. The van der Waals surface area contributed by atoms with Crippen molar-refractivity contribution in [3.05, 3.63) is 59.2 Å². The molecule has 0 spiro atoms. The van der Waals surface area contributed by atoms with E-state index in [-0.39, 0.29) is 24.5 Å². The van der Waals surface area contributed by atoms with Crippen molar-refractivity contribution < 1.29 is 14.3 Å². The van der Waals surface area contributed by atoms with Crippen LogP contribution in [0.3, 0.4) is 0 Å². The van der Waals surface area contributed by atoms with Crippen LogP contribution in [0.15, 0.2) is 42.5 Å². The maximum absolute atomic E-state index is 12.9. The minimum Gasteiger partial charge on any atom is -0.495 e. The molecule has 0 aliphatic carbocycles. The summed E-state index contributed by atoms with van der Waals surface area (Å²) in [5, 5.41) is 2.91. The highest BCUT2D eigenvalue weighted by atomic mass is 16.5. The molecular weight excluding hydrogens is 354 g/mol. The van der Waals surface area contributed by atoms with Crippen molar-refractivity contribution >= 4 is 17.6 Å². The van der Waals surface area contributed by atoms with Crippen molar-refractivity contribution in [1.82, 2.24) is 9.80 Å². The van der Waals surface area contributed by atoms with Gasteiger partial charge in [0.15, 0.2) is 0 Å². The van der Waals surface area contributed by atoms with Gasteiger partial charge in [-0.15, -0.1) is 0 Å². The topological polar surface area (TPSA) is 61.9 Å². The van der Waals surface area contributed by atoms with Gasteiger partial charge in [0.1, 0.15) is 12.3 Å². The van der Waals surface area contributed by atoms with E-state index in [9.17, 15) is 9.59 Å². The first-order valence-electron chi connectivity index (χ1n) is 9.56. The maximum Gasteiger partial charge on any atom is 0.322 e. The lowest BCUT2D eigenvalue weighted by atomic mass is 9.85. The van der Waals surface area contributed by atoms with Crippen molar-refractivity contribution in [2.45, 2.75) is 25.8 Å². The quantitative estimate of drug-likeness (QED) is 0.868. The molecule has 3 amide bonds. The van der Waals surface area contributed by atoms with Crippen molar-refractivity contribution in [1.29, 1.82) is 0 Å². The second kappa shape index (κ2) is 7.19. The number of urea groups is 1. The van der Waals surface area contributed by atoms with Crippen LogP contribution in [0.25, 0.3) is 0 Å². The number of aryl methyl sites for hydroxylation is 1. The summed E-state index contributed by atoms with van der Waals surface area (Å²) in [7, 11) is 1.57. The smallest absolute Gasteiger partial charge is 0.322 e. The van der Waals surface area contributed by atoms with Crippen molar-refractivity contribution in [3.8, 4) is 5.75 Å². The van der Waals surface area contributed by atoms with Crippen LogP contribution >= 0.6 is 0 Å². The lowest BCUT2D eigenvalue weighted by Gasteiger charge is -2.46. The molecule has 6 nitrogen and oxygen atoms in total. The second-order valence-corrected chi connectivity index (χ2v) is 7.61. The zero-order valence-electron chi connectivity index (χ0n) is 16.4. The Morgan fingerprint density at radius 2 is 1.89 bits per heavy atom. The number of hydrogen-bond donors (Lipinski definition) is 1. The van der Waals surface area contributed by atoms with Crippen LogP contribution in [0.4, 0.5) is 10.5 Å². The Morgan fingerprint density at radius 3 is 2.64 bits per heavy atom. The minimum atomic E-state index is -0.284. The highest BCUT2D eigenvalue weighted by Gasteiger charge is 2.40. The Bertz CT molecular complexity index is 927. The zero-order chi connectivity index (χ0) is 19.8. The van der Waals surface area contributed by atoms with Crippen LogP contribution in [0.2, 0.25) is 0 Å². The fraction of sp³-hybridized carbons (Fsp3) is 0.364. The third-order valence-electron chi connectivity index (χ3n) is 5.66. The molecule has 2 unspecified atom stereocenters. The van der Waals surface area contributed by atoms with E-state index in [2.05, 4.69) is 24.4 Å². The molecule has 1 fully saturated rings. The average Bonchev–Trinajstić information content (AvgIpc) is 2.69. The molecule has 2 aliphatic heterocycles. The maximum atomic E-state index is 12.9. The van der Waals surface area contributed by atoms with Crippen LogP contribution < -0.4 is 10.1 Å². The predicted molar refractivity (Wildman–Crippen MR) is 108 cm³/mol. The van der Waals surface area contributed by atoms with Gasteiger partial charge in [0.25, 0.3) is 0 Å². The van der Waals surface area contributed by atoms with Crippen LogP contribution in [-0.2, 0) is 4.79 Å². The molecule has 1 N–H and O–H groups in total. The number of nitrogens with one attached hydrogen (secondary N) is 1. The highest BCUT2D eigenvalue weighted by Crippen LogP contribution is 2.38. The summed E-state index contributed by atoms with van der Waals surface area (Å²) in [5.41, 5.74) is 4.03. The van der Waals surface area contributed by atoms with Gasteiger partial charge in [-0.05, 0) is 41.7 Å². The van der Waals surface area contributed by atoms with E-state index < -0.39 is 0 Å². The number of ether oxygens (including phenoxy) is 1. The Hall–Kier alpha value is -3.02. The number of fused-ring (bicyclic) bond motifs is 3. The van der Waals surface area contributed by atoms with E-state index in [4.69, 9.17) is 4.74 Å². The molecule has 1 saturated heterocycles. The number of amides is 3. The van der Waals surface area contributed by atoms with E-state index in [1.807, 2.05) is 42.2 Å². The molecule has 0 saturated carbocycles. The van der Waals surface area contributed by atoms with Crippen molar-refractivity contribution in [3.63, 3.8) is 0 Å². The van der Waals surface area contributed by atoms with Gasteiger partial charge in [-0.3, -0.25) is 4.79 Å². The lowest BCUT2D eigenvalue weighted by Crippen LogP contribution is -2.56. The summed E-state index contributed by atoms with van der Waals surface area (Å²) in [6.45, 7) is 5.37. The van der Waals surface area contributed by atoms with E-state index in [1.165, 1.54) is 5.56 Å². The summed E-state index contributed by atoms with van der Waals surface area (Å²) >= 11 is 0. The molecule has 0 aromatic heterocycles. The number of carbonyl (C=O) groups is 2. The summed E-state index contributed by atoms with van der Waals surface area (Å²) in [5.74, 6) is 0.887. The van der Waals surface area contributed by atoms with E-state index in [1.54, 1.807) is 12.0 Å². The average molecular weight is 379 g/mol. The molecule has 2 aromatic carbocycles. The molecule has 2 aliphatic rings. The third-order valence-corrected chi connectivity index (χ3v) is 5.66. The molecule has 2 aromatic rings. The number of piperazine rings is 1. The predicted octanol–water partition coefficient (Wildman–Crippen LogP) is 3.54. The number of anilines is 1. The molecule has 2 atom stereocenters. The first-order valence-corrected chi connectivity index (χ1v) is 9.56. The number of methoxy groups -OCH3 is 1. The number of benzene rings is 2. The number of hydrogen-bond acceptors (Lipinski definition) is 3. The van der Waals surface area contributed by atoms with Gasteiger partial charge >= 0.3 is 6.03 Å². The van der Waals surface area contributed by atoms with Crippen LogP contribution in [0.5, 0.6) is 5.75 Å². The van der Waals surface area contributed by atoms with Gasteiger partial charge < -0.3 is 19.9 Å². The molecule has 0 radical (unpaired) electrons. The lowest BCUT2D eigenvalue weighted by molar-refractivity contribution is -0.139. The van der Waals surface area contributed by atoms with Crippen LogP contribution in [-0.4, -0.2) is 48.5 Å². The van der Waals surface area contributed by atoms with Gasteiger partial charge in [-0.1, -0.05) is 37.3 Å². The molecule has 4 rings (SSSR count). The normalized spacial score (nSPS) is 21.0. The van der Waals surface area contributed by atoms with Gasteiger partial charge in [0.2, 0.25) is 5.91 Å². The van der Waals surface area contributed by atoms with E-state index in [0.29, 0.717) is 30.4 Å². The van der Waals surface area contributed by atoms with Gasteiger partial charge in [-0.2, -0.15) is 0 Å². The monoisotopic (exact) mass is 379 g/mol.